The van der Waals surface area contributed by atoms with Gasteiger partial charge in [-0.2, -0.15) is 0 Å². The van der Waals surface area contributed by atoms with Gasteiger partial charge in [0.05, 0.1) is 27.4 Å². The third-order valence-electron chi connectivity index (χ3n) is 5.15. The number of hydrogen-bond donors (Lipinski definition) is 2. The fourth-order valence-corrected chi connectivity index (χ4v) is 3.46. The first-order chi connectivity index (χ1) is 15.0. The Morgan fingerprint density at radius 3 is 2.35 bits per heavy atom. The van der Waals surface area contributed by atoms with E-state index in [-0.39, 0.29) is 17.9 Å². The van der Waals surface area contributed by atoms with Crippen LogP contribution in [0.15, 0.2) is 36.4 Å². The summed E-state index contributed by atoms with van der Waals surface area (Å²) in [6, 6.07) is 10.1. The van der Waals surface area contributed by atoms with Gasteiger partial charge in [-0.3, -0.25) is 9.59 Å². The van der Waals surface area contributed by atoms with Crippen molar-refractivity contribution in [2.24, 2.45) is 0 Å². The van der Waals surface area contributed by atoms with Crippen molar-refractivity contribution in [2.45, 2.75) is 31.9 Å². The smallest absolute Gasteiger partial charge is 0.253 e. The van der Waals surface area contributed by atoms with Crippen molar-refractivity contribution in [3.05, 3.63) is 47.5 Å². The zero-order valence-electron chi connectivity index (χ0n) is 18.2. The zero-order chi connectivity index (χ0) is 22.4. The zero-order valence-corrected chi connectivity index (χ0v) is 18.2. The first-order valence-electron chi connectivity index (χ1n) is 10.1. The Morgan fingerprint density at radius 2 is 1.77 bits per heavy atom. The number of anilines is 1. The number of nitrogens with one attached hydrogen (secondary N) is 2. The normalized spacial score (nSPS) is 16.3. The molecule has 0 radical (unpaired) electrons. The average Bonchev–Trinajstić information content (AvgIpc) is 3.33. The van der Waals surface area contributed by atoms with Gasteiger partial charge in [-0.1, -0.05) is 6.07 Å². The van der Waals surface area contributed by atoms with Gasteiger partial charge >= 0.3 is 0 Å². The van der Waals surface area contributed by atoms with Crippen LogP contribution in [0.4, 0.5) is 5.69 Å². The Bertz CT molecular complexity index is 914. The molecule has 31 heavy (non-hydrogen) atoms. The quantitative estimate of drug-likeness (QED) is 0.670. The maximum Gasteiger partial charge on any atom is 0.253 e. The molecule has 2 atom stereocenters. The Kier molecular flexibility index (Phi) is 7.36. The summed E-state index contributed by atoms with van der Waals surface area (Å²) in [7, 11) is 4.62. The van der Waals surface area contributed by atoms with Gasteiger partial charge in [-0.25, -0.2) is 0 Å². The third kappa shape index (κ3) is 5.27. The molecule has 2 aromatic rings. The van der Waals surface area contributed by atoms with Gasteiger partial charge in [0.25, 0.3) is 11.8 Å². The third-order valence-corrected chi connectivity index (χ3v) is 5.15. The van der Waals surface area contributed by atoms with Gasteiger partial charge in [-0.15, -0.1) is 0 Å². The Morgan fingerprint density at radius 1 is 1.06 bits per heavy atom. The lowest BCUT2D eigenvalue weighted by atomic mass is 10.1. The fourth-order valence-electron chi connectivity index (χ4n) is 3.46. The van der Waals surface area contributed by atoms with E-state index in [1.165, 1.54) is 7.11 Å². The van der Waals surface area contributed by atoms with Crippen molar-refractivity contribution in [3.8, 4) is 17.2 Å². The van der Waals surface area contributed by atoms with Crippen molar-refractivity contribution in [2.75, 3.05) is 33.3 Å². The molecule has 0 aliphatic carbocycles. The lowest BCUT2D eigenvalue weighted by molar-refractivity contribution is -0.124. The standard InChI is InChI=1S/C23H28N2O6/c1-14(16-12-19(28-2)21(30-4)20(13-16)29-3)24-22(26)15-7-5-8-17(11-15)25-23(27)18-9-6-10-31-18/h5,7-8,11-14,18H,6,9-10H2,1-4H3,(H,24,26)(H,25,27). The monoisotopic (exact) mass is 428 g/mol. The molecule has 0 spiro atoms. The summed E-state index contributed by atoms with van der Waals surface area (Å²) < 4.78 is 21.5. The van der Waals surface area contributed by atoms with Crippen molar-refractivity contribution in [1.29, 1.82) is 0 Å². The molecule has 8 nitrogen and oxygen atoms in total. The Balaban J connectivity index is 1.72. The minimum absolute atomic E-state index is 0.194. The molecule has 1 heterocycles. The average molecular weight is 428 g/mol. The van der Waals surface area contributed by atoms with Crippen molar-refractivity contribution in [1.82, 2.24) is 5.32 Å². The van der Waals surface area contributed by atoms with E-state index < -0.39 is 6.10 Å². The summed E-state index contributed by atoms with van der Waals surface area (Å²) in [4.78, 5) is 25.1. The summed E-state index contributed by atoms with van der Waals surface area (Å²) in [5, 5.41) is 5.78. The number of rotatable bonds is 8. The van der Waals surface area contributed by atoms with Crippen molar-refractivity contribution >= 4 is 17.5 Å². The molecular formula is C23H28N2O6. The molecular weight excluding hydrogens is 400 g/mol. The van der Waals surface area contributed by atoms with E-state index >= 15 is 0 Å². The SMILES string of the molecule is COc1cc(C(C)NC(=O)c2cccc(NC(=O)C3CCCO3)c2)cc(OC)c1OC. The van der Waals surface area contributed by atoms with E-state index in [9.17, 15) is 9.59 Å². The number of amides is 2. The molecule has 0 bridgehead atoms. The second kappa shape index (κ2) is 10.2. The van der Waals surface area contributed by atoms with Crippen LogP contribution in [0.5, 0.6) is 17.2 Å². The van der Waals surface area contributed by atoms with Crippen LogP contribution >= 0.6 is 0 Å². The van der Waals surface area contributed by atoms with E-state index in [0.717, 1.165) is 12.0 Å². The predicted octanol–water partition coefficient (Wildman–Crippen LogP) is 3.32. The second-order valence-electron chi connectivity index (χ2n) is 7.23. The van der Waals surface area contributed by atoms with Crippen LogP contribution in [0.25, 0.3) is 0 Å². The van der Waals surface area contributed by atoms with Crippen LogP contribution < -0.4 is 24.8 Å². The van der Waals surface area contributed by atoms with Gasteiger partial charge in [0, 0.05) is 17.9 Å². The molecule has 1 saturated heterocycles. The van der Waals surface area contributed by atoms with Crippen LogP contribution in [0, 0.1) is 0 Å². The number of carbonyl (C=O) groups excluding carboxylic acids is 2. The van der Waals surface area contributed by atoms with Gasteiger partial charge < -0.3 is 29.6 Å². The molecule has 1 aliphatic rings. The Labute approximate surface area is 181 Å². The number of carbonyl (C=O) groups is 2. The molecule has 0 aromatic heterocycles. The first-order valence-corrected chi connectivity index (χ1v) is 10.1. The molecule has 2 amide bonds. The Hall–Kier alpha value is -3.26. The van der Waals surface area contributed by atoms with Crippen LogP contribution in [-0.4, -0.2) is 45.9 Å². The van der Waals surface area contributed by atoms with Crippen LogP contribution in [0.2, 0.25) is 0 Å². The molecule has 1 fully saturated rings. The van der Waals surface area contributed by atoms with Crippen LogP contribution in [0.1, 0.15) is 41.7 Å². The number of ether oxygens (including phenoxy) is 4. The molecule has 2 unspecified atom stereocenters. The highest BCUT2D eigenvalue weighted by Crippen LogP contribution is 2.39. The lowest BCUT2D eigenvalue weighted by Gasteiger charge is -2.19. The molecule has 8 heteroatoms. The van der Waals surface area contributed by atoms with E-state index in [1.54, 1.807) is 50.6 Å². The van der Waals surface area contributed by atoms with E-state index in [2.05, 4.69) is 10.6 Å². The summed E-state index contributed by atoms with van der Waals surface area (Å²) in [5.41, 5.74) is 1.78. The minimum atomic E-state index is -0.433. The number of benzene rings is 2. The fraction of sp³-hybridized carbons (Fsp3) is 0.391. The molecule has 2 N–H and O–H groups in total. The molecule has 166 valence electrons. The highest BCUT2D eigenvalue weighted by molar-refractivity contribution is 5.98. The summed E-state index contributed by atoms with van der Waals surface area (Å²) in [6.45, 7) is 2.46. The second-order valence-corrected chi connectivity index (χ2v) is 7.23. The number of hydrogen-bond acceptors (Lipinski definition) is 6. The maximum absolute atomic E-state index is 12.8. The van der Waals surface area contributed by atoms with E-state index in [1.807, 2.05) is 6.92 Å². The van der Waals surface area contributed by atoms with Gasteiger partial charge in [0.1, 0.15) is 6.10 Å². The molecule has 3 rings (SSSR count). The van der Waals surface area contributed by atoms with Crippen LogP contribution in [-0.2, 0) is 9.53 Å². The van der Waals surface area contributed by atoms with E-state index in [0.29, 0.717) is 41.5 Å². The minimum Gasteiger partial charge on any atom is -0.493 e. The highest BCUT2D eigenvalue weighted by atomic mass is 16.5. The first kappa shape index (κ1) is 22.4. The van der Waals surface area contributed by atoms with Gasteiger partial charge in [0.2, 0.25) is 5.75 Å². The molecule has 1 aliphatic heterocycles. The van der Waals surface area contributed by atoms with Gasteiger partial charge in [-0.05, 0) is 55.7 Å². The molecule has 2 aromatic carbocycles. The lowest BCUT2D eigenvalue weighted by Crippen LogP contribution is -2.28. The summed E-state index contributed by atoms with van der Waals surface area (Å²) >= 11 is 0. The highest BCUT2D eigenvalue weighted by Gasteiger charge is 2.24. The van der Waals surface area contributed by atoms with Crippen LogP contribution in [0.3, 0.4) is 0 Å². The topological polar surface area (TPSA) is 95.1 Å². The molecule has 0 saturated carbocycles. The number of methoxy groups -OCH3 is 3. The van der Waals surface area contributed by atoms with Crippen molar-refractivity contribution < 1.29 is 28.5 Å². The van der Waals surface area contributed by atoms with Crippen molar-refractivity contribution in [3.63, 3.8) is 0 Å². The van der Waals surface area contributed by atoms with E-state index in [4.69, 9.17) is 18.9 Å². The summed E-state index contributed by atoms with van der Waals surface area (Å²) in [5.74, 6) is 1.05. The van der Waals surface area contributed by atoms with Gasteiger partial charge in [0.15, 0.2) is 11.5 Å². The summed E-state index contributed by atoms with van der Waals surface area (Å²) in [6.07, 6.45) is 1.15. The predicted molar refractivity (Wildman–Crippen MR) is 116 cm³/mol. The largest absolute Gasteiger partial charge is 0.493 e. The maximum atomic E-state index is 12.8.